The van der Waals surface area contributed by atoms with Crippen LogP contribution in [0.2, 0.25) is 0 Å². The Morgan fingerprint density at radius 3 is 2.82 bits per heavy atom. The molecule has 1 aliphatic heterocycles. The van der Waals surface area contributed by atoms with Gasteiger partial charge < -0.3 is 15.3 Å². The first-order valence-corrected chi connectivity index (χ1v) is 9.75. The summed E-state index contributed by atoms with van der Waals surface area (Å²) in [6, 6.07) is 12.2. The number of nitrogens with zero attached hydrogens (tertiary/aromatic N) is 2. The van der Waals surface area contributed by atoms with Crippen molar-refractivity contribution in [3.63, 3.8) is 0 Å². The maximum atomic E-state index is 12.8. The van der Waals surface area contributed by atoms with E-state index in [9.17, 15) is 14.7 Å². The number of halogens is 1. The topological polar surface area (TPSA) is 98.3 Å². The van der Waals surface area contributed by atoms with E-state index in [4.69, 9.17) is 0 Å². The fourth-order valence-electron chi connectivity index (χ4n) is 3.46. The fourth-order valence-corrected chi connectivity index (χ4v) is 3.73. The normalized spacial score (nSPS) is 19.1. The number of carbonyl (C=O) groups is 2. The van der Waals surface area contributed by atoms with Crippen molar-refractivity contribution in [2.75, 3.05) is 11.9 Å². The zero-order valence-corrected chi connectivity index (χ0v) is 16.5. The summed E-state index contributed by atoms with van der Waals surface area (Å²) in [5.74, 6) is -0.479. The van der Waals surface area contributed by atoms with Gasteiger partial charge in [0.15, 0.2) is 0 Å². The van der Waals surface area contributed by atoms with Gasteiger partial charge in [-0.1, -0.05) is 28.1 Å². The van der Waals surface area contributed by atoms with Gasteiger partial charge in [0.25, 0.3) is 0 Å². The Hall–Kier alpha value is -2.71. The molecule has 4 rings (SSSR count). The van der Waals surface area contributed by atoms with Crippen LogP contribution in [0.1, 0.15) is 12.0 Å². The van der Waals surface area contributed by atoms with Crippen LogP contribution in [-0.4, -0.2) is 50.7 Å². The summed E-state index contributed by atoms with van der Waals surface area (Å²) < 4.78 is 0.937. The lowest BCUT2D eigenvalue weighted by Crippen LogP contribution is -2.43. The highest BCUT2D eigenvalue weighted by Gasteiger charge is 2.38. The van der Waals surface area contributed by atoms with E-state index in [1.807, 2.05) is 36.4 Å². The van der Waals surface area contributed by atoms with Crippen molar-refractivity contribution in [2.45, 2.75) is 25.0 Å². The quantitative estimate of drug-likeness (QED) is 0.577. The summed E-state index contributed by atoms with van der Waals surface area (Å²) >= 11 is 3.37. The summed E-state index contributed by atoms with van der Waals surface area (Å²) in [6.45, 7) is 0.161. The molecule has 2 atom stereocenters. The average Bonchev–Trinajstić information content (AvgIpc) is 3.29. The lowest BCUT2D eigenvalue weighted by atomic mass is 10.1. The smallest absolute Gasteiger partial charge is 0.247 e. The van der Waals surface area contributed by atoms with Gasteiger partial charge in [-0.15, -0.1) is 0 Å². The molecule has 0 unspecified atom stereocenters. The molecular weight excluding hydrogens is 424 g/mol. The van der Waals surface area contributed by atoms with Crippen molar-refractivity contribution in [3.05, 3.63) is 58.7 Å². The highest BCUT2D eigenvalue weighted by molar-refractivity contribution is 9.10. The SMILES string of the molecule is O=C(Nc1ccc2[nH]ncc2c1)[C@H]1C[C@H](O)CN1C(=O)Cc1ccc(Br)cc1. The van der Waals surface area contributed by atoms with Crippen LogP contribution in [0.15, 0.2) is 53.1 Å². The fraction of sp³-hybridized carbons (Fsp3) is 0.250. The Morgan fingerprint density at radius 2 is 2.04 bits per heavy atom. The van der Waals surface area contributed by atoms with Crippen LogP contribution in [0.5, 0.6) is 0 Å². The number of H-pyrrole nitrogens is 1. The number of aromatic nitrogens is 2. The Morgan fingerprint density at radius 1 is 1.25 bits per heavy atom. The molecule has 8 heteroatoms. The zero-order chi connectivity index (χ0) is 19.7. The molecule has 1 aliphatic rings. The minimum atomic E-state index is -0.707. The van der Waals surface area contributed by atoms with Crippen molar-refractivity contribution in [1.82, 2.24) is 15.1 Å². The van der Waals surface area contributed by atoms with E-state index < -0.39 is 12.1 Å². The minimum absolute atomic E-state index is 0.161. The van der Waals surface area contributed by atoms with E-state index in [1.54, 1.807) is 12.3 Å². The highest BCUT2D eigenvalue weighted by Crippen LogP contribution is 2.23. The second kappa shape index (κ2) is 7.73. The third-order valence-electron chi connectivity index (χ3n) is 4.88. The average molecular weight is 443 g/mol. The summed E-state index contributed by atoms with van der Waals surface area (Å²) in [6.07, 6.45) is 1.38. The van der Waals surface area contributed by atoms with Crippen LogP contribution in [0.4, 0.5) is 5.69 Å². The van der Waals surface area contributed by atoms with Crippen molar-refractivity contribution in [2.24, 2.45) is 0 Å². The van der Waals surface area contributed by atoms with Crippen molar-refractivity contribution in [3.8, 4) is 0 Å². The number of hydrogen-bond donors (Lipinski definition) is 3. The van der Waals surface area contributed by atoms with Gasteiger partial charge in [0.1, 0.15) is 6.04 Å². The van der Waals surface area contributed by atoms with Gasteiger partial charge in [0, 0.05) is 28.5 Å². The van der Waals surface area contributed by atoms with Crippen molar-refractivity contribution in [1.29, 1.82) is 0 Å². The molecule has 1 fully saturated rings. The molecule has 0 spiro atoms. The molecule has 7 nitrogen and oxygen atoms in total. The van der Waals surface area contributed by atoms with Crippen molar-refractivity contribution >= 4 is 44.3 Å². The van der Waals surface area contributed by atoms with E-state index in [0.717, 1.165) is 20.9 Å². The lowest BCUT2D eigenvalue weighted by molar-refractivity contribution is -0.136. The van der Waals surface area contributed by atoms with Crippen LogP contribution < -0.4 is 5.32 Å². The Labute approximate surface area is 169 Å². The number of β-amino-alcohol motifs (C(OH)–C–C–N with tert-alkyl or cyclic N) is 1. The molecule has 0 bridgehead atoms. The number of rotatable bonds is 4. The highest BCUT2D eigenvalue weighted by atomic mass is 79.9. The number of fused-ring (bicyclic) bond motifs is 1. The van der Waals surface area contributed by atoms with Gasteiger partial charge in [-0.25, -0.2) is 0 Å². The molecule has 28 heavy (non-hydrogen) atoms. The third kappa shape index (κ3) is 3.93. The minimum Gasteiger partial charge on any atom is -0.391 e. The molecule has 2 heterocycles. The van der Waals surface area contributed by atoms with Gasteiger partial charge in [-0.2, -0.15) is 5.10 Å². The first-order valence-electron chi connectivity index (χ1n) is 8.95. The van der Waals surface area contributed by atoms with Gasteiger partial charge in [0.2, 0.25) is 11.8 Å². The molecule has 2 amide bonds. The largest absolute Gasteiger partial charge is 0.391 e. The number of aromatic amines is 1. The van der Waals surface area contributed by atoms with Crippen molar-refractivity contribution < 1.29 is 14.7 Å². The monoisotopic (exact) mass is 442 g/mol. The molecule has 144 valence electrons. The van der Waals surface area contributed by atoms with Crippen LogP contribution in [-0.2, 0) is 16.0 Å². The Bertz CT molecular complexity index is 1020. The predicted molar refractivity (Wildman–Crippen MR) is 109 cm³/mol. The van der Waals surface area contributed by atoms with Crippen LogP contribution in [0.25, 0.3) is 10.9 Å². The number of amides is 2. The molecule has 3 aromatic rings. The number of likely N-dealkylation sites (tertiary alicyclic amines) is 1. The van der Waals surface area contributed by atoms with E-state index in [1.165, 1.54) is 4.90 Å². The van der Waals surface area contributed by atoms with Gasteiger partial charge >= 0.3 is 0 Å². The van der Waals surface area contributed by atoms with Gasteiger partial charge in [0.05, 0.1) is 24.2 Å². The maximum absolute atomic E-state index is 12.8. The maximum Gasteiger partial charge on any atom is 0.247 e. The number of aliphatic hydroxyl groups is 1. The van der Waals surface area contributed by atoms with E-state index in [2.05, 4.69) is 31.4 Å². The van der Waals surface area contributed by atoms with E-state index in [-0.39, 0.29) is 31.2 Å². The number of aliphatic hydroxyl groups excluding tert-OH is 1. The summed E-state index contributed by atoms with van der Waals surface area (Å²) in [7, 11) is 0. The van der Waals surface area contributed by atoms with Crippen LogP contribution in [0, 0.1) is 0 Å². The standard InChI is InChI=1S/C20H19BrN4O3/c21-14-3-1-12(2-4-14)7-19(27)25-11-16(26)9-18(25)20(28)23-15-5-6-17-13(8-15)10-22-24-17/h1-6,8,10,16,18,26H,7,9,11H2,(H,22,24)(H,23,28)/t16-,18+/m0/s1. The van der Waals surface area contributed by atoms with Gasteiger partial charge in [-0.3, -0.25) is 14.7 Å². The van der Waals surface area contributed by atoms with E-state index >= 15 is 0 Å². The number of anilines is 1. The number of hydrogen-bond acceptors (Lipinski definition) is 4. The molecule has 0 aliphatic carbocycles. The molecule has 1 aromatic heterocycles. The Kier molecular flexibility index (Phi) is 5.15. The second-order valence-corrected chi connectivity index (χ2v) is 7.83. The molecule has 0 radical (unpaired) electrons. The number of benzene rings is 2. The lowest BCUT2D eigenvalue weighted by Gasteiger charge is -2.24. The first kappa shape index (κ1) is 18.6. The van der Waals surface area contributed by atoms with Gasteiger partial charge in [-0.05, 0) is 35.9 Å². The predicted octanol–water partition coefficient (Wildman–Crippen LogP) is 2.47. The number of carbonyl (C=O) groups excluding carboxylic acids is 2. The zero-order valence-electron chi connectivity index (χ0n) is 14.9. The Balaban J connectivity index is 1.47. The second-order valence-electron chi connectivity index (χ2n) is 6.92. The third-order valence-corrected chi connectivity index (χ3v) is 5.41. The summed E-state index contributed by atoms with van der Waals surface area (Å²) in [4.78, 5) is 27.0. The summed E-state index contributed by atoms with van der Waals surface area (Å²) in [5.41, 5.74) is 2.36. The first-order chi connectivity index (χ1) is 13.5. The molecule has 2 aromatic carbocycles. The molecular formula is C20H19BrN4O3. The molecule has 0 saturated carbocycles. The van der Waals surface area contributed by atoms with Crippen LogP contribution in [0.3, 0.4) is 0 Å². The van der Waals surface area contributed by atoms with E-state index in [0.29, 0.717) is 5.69 Å². The molecule has 3 N–H and O–H groups in total. The number of nitrogens with one attached hydrogen (secondary N) is 2. The summed E-state index contributed by atoms with van der Waals surface area (Å²) in [5, 5.41) is 20.6. The van der Waals surface area contributed by atoms with Crippen LogP contribution >= 0.6 is 15.9 Å². The molecule has 1 saturated heterocycles.